The van der Waals surface area contributed by atoms with E-state index >= 15 is 0 Å². The Balaban J connectivity index is 1.59. The maximum atomic E-state index is 12.9. The van der Waals surface area contributed by atoms with Gasteiger partial charge in [-0.25, -0.2) is 0 Å². The fourth-order valence-electron chi connectivity index (χ4n) is 3.31. The summed E-state index contributed by atoms with van der Waals surface area (Å²) >= 11 is 0. The molecule has 0 atom stereocenters. The van der Waals surface area contributed by atoms with Crippen LogP contribution < -0.4 is 0 Å². The van der Waals surface area contributed by atoms with Gasteiger partial charge in [0.25, 0.3) is 0 Å². The van der Waals surface area contributed by atoms with E-state index in [2.05, 4.69) is 20.6 Å². The zero-order valence-electron chi connectivity index (χ0n) is 16.2. The van der Waals surface area contributed by atoms with Gasteiger partial charge in [-0.15, -0.1) is 10.2 Å². The number of carbonyl (C=O) groups excluding carboxylic acids is 1. The van der Waals surface area contributed by atoms with E-state index in [1.165, 1.54) is 4.80 Å². The Hall–Kier alpha value is -3.55. The quantitative estimate of drug-likeness (QED) is 0.497. The van der Waals surface area contributed by atoms with Crippen LogP contribution in [0.3, 0.4) is 0 Å². The molecule has 3 aromatic heterocycles. The summed E-state index contributed by atoms with van der Waals surface area (Å²) in [6, 6.07) is 11.5. The Morgan fingerprint density at radius 1 is 1.11 bits per heavy atom. The van der Waals surface area contributed by atoms with Crippen LogP contribution >= 0.6 is 0 Å². The molecule has 3 heterocycles. The Kier molecular flexibility index (Phi) is 4.38. The largest absolute Gasteiger partial charge is 0.360 e. The molecule has 0 N–H and O–H groups in total. The van der Waals surface area contributed by atoms with Gasteiger partial charge in [0.1, 0.15) is 12.3 Å². The Labute approximate surface area is 161 Å². The summed E-state index contributed by atoms with van der Waals surface area (Å²) in [6.45, 7) is 7.65. The Bertz CT molecular complexity index is 1170. The standard InChI is InChI=1S/C20H20N6O2/c1-12-7-5-6-8-16(12)20-21-24-25(22-20)11-18(27)17-9-13(2)26(15(17)4)19-10-14(3)28-23-19/h5-10H,11H2,1-4H3. The lowest BCUT2D eigenvalue weighted by Gasteiger charge is -2.05. The van der Waals surface area contributed by atoms with Gasteiger partial charge in [0.15, 0.2) is 11.6 Å². The van der Waals surface area contributed by atoms with Crippen LogP contribution in [0.5, 0.6) is 0 Å². The first-order valence-corrected chi connectivity index (χ1v) is 8.93. The summed E-state index contributed by atoms with van der Waals surface area (Å²) in [5.74, 6) is 1.79. The SMILES string of the molecule is Cc1cc(-n2c(C)cc(C(=O)Cn3nnc(-c4ccccc4C)n3)c2C)no1. The van der Waals surface area contributed by atoms with Crippen LogP contribution in [0.4, 0.5) is 0 Å². The molecular formula is C20H20N6O2. The van der Waals surface area contributed by atoms with E-state index in [0.717, 1.165) is 22.5 Å². The van der Waals surface area contributed by atoms with Gasteiger partial charge in [0, 0.05) is 28.6 Å². The monoisotopic (exact) mass is 376 g/mol. The van der Waals surface area contributed by atoms with Crippen LogP contribution in [0.15, 0.2) is 40.9 Å². The number of benzene rings is 1. The van der Waals surface area contributed by atoms with Gasteiger partial charge in [-0.3, -0.25) is 9.36 Å². The van der Waals surface area contributed by atoms with Crippen molar-refractivity contribution in [2.45, 2.75) is 34.2 Å². The molecule has 0 amide bonds. The molecular weight excluding hydrogens is 356 g/mol. The molecule has 8 nitrogen and oxygen atoms in total. The van der Waals surface area contributed by atoms with Gasteiger partial charge >= 0.3 is 0 Å². The predicted octanol–water partition coefficient (Wildman–Crippen LogP) is 3.24. The minimum Gasteiger partial charge on any atom is -0.360 e. The van der Waals surface area contributed by atoms with Gasteiger partial charge < -0.3 is 4.52 Å². The third kappa shape index (κ3) is 3.13. The van der Waals surface area contributed by atoms with E-state index in [4.69, 9.17) is 4.52 Å². The number of tetrazole rings is 1. The van der Waals surface area contributed by atoms with E-state index < -0.39 is 0 Å². The molecule has 28 heavy (non-hydrogen) atoms. The minimum absolute atomic E-state index is 0.0149. The van der Waals surface area contributed by atoms with Crippen LogP contribution in [0.2, 0.25) is 0 Å². The molecule has 0 saturated heterocycles. The van der Waals surface area contributed by atoms with Crippen LogP contribution in [0.1, 0.15) is 33.1 Å². The number of hydrogen-bond acceptors (Lipinski definition) is 6. The zero-order chi connectivity index (χ0) is 19.8. The second-order valence-electron chi connectivity index (χ2n) is 6.80. The van der Waals surface area contributed by atoms with Gasteiger partial charge in [0.2, 0.25) is 5.82 Å². The van der Waals surface area contributed by atoms with Gasteiger partial charge in [0.05, 0.1) is 0 Å². The molecule has 1 aromatic carbocycles. The van der Waals surface area contributed by atoms with Crippen molar-refractivity contribution >= 4 is 5.78 Å². The highest BCUT2D eigenvalue weighted by atomic mass is 16.5. The Morgan fingerprint density at radius 2 is 1.89 bits per heavy atom. The highest BCUT2D eigenvalue weighted by Crippen LogP contribution is 2.22. The number of Topliss-reactive ketones (excluding diaryl/α,β-unsaturated/α-hetero) is 1. The van der Waals surface area contributed by atoms with Gasteiger partial charge in [-0.1, -0.05) is 29.4 Å². The maximum Gasteiger partial charge on any atom is 0.205 e. The second kappa shape index (κ2) is 6.88. The normalized spacial score (nSPS) is 11.1. The smallest absolute Gasteiger partial charge is 0.205 e. The number of nitrogens with zero attached hydrogens (tertiary/aromatic N) is 6. The number of rotatable bonds is 5. The molecule has 0 unspecified atom stereocenters. The van der Waals surface area contributed by atoms with Crippen molar-refractivity contribution in [3.05, 3.63) is 64.7 Å². The van der Waals surface area contributed by atoms with E-state index in [-0.39, 0.29) is 12.3 Å². The first kappa shape index (κ1) is 17.8. The van der Waals surface area contributed by atoms with E-state index in [1.807, 2.05) is 68.7 Å². The minimum atomic E-state index is -0.0895. The van der Waals surface area contributed by atoms with Crippen molar-refractivity contribution in [2.75, 3.05) is 0 Å². The third-order valence-corrected chi connectivity index (χ3v) is 4.70. The summed E-state index contributed by atoms with van der Waals surface area (Å²) in [5.41, 5.74) is 4.27. The lowest BCUT2D eigenvalue weighted by atomic mass is 10.1. The van der Waals surface area contributed by atoms with Gasteiger partial charge in [-0.05, 0) is 44.5 Å². The van der Waals surface area contributed by atoms with Crippen LogP contribution in [-0.4, -0.2) is 35.7 Å². The number of hydrogen-bond donors (Lipinski definition) is 0. The van der Waals surface area contributed by atoms with E-state index in [0.29, 0.717) is 23.0 Å². The van der Waals surface area contributed by atoms with Crippen molar-refractivity contribution in [3.63, 3.8) is 0 Å². The average Bonchev–Trinajstić information content (AvgIpc) is 3.35. The highest BCUT2D eigenvalue weighted by Gasteiger charge is 2.20. The van der Waals surface area contributed by atoms with Crippen LogP contribution in [-0.2, 0) is 6.54 Å². The Morgan fingerprint density at radius 3 is 2.61 bits per heavy atom. The highest BCUT2D eigenvalue weighted by molar-refractivity contribution is 5.97. The topological polar surface area (TPSA) is 91.6 Å². The maximum absolute atomic E-state index is 12.9. The first-order chi connectivity index (χ1) is 13.4. The first-order valence-electron chi connectivity index (χ1n) is 8.93. The van der Waals surface area contributed by atoms with Crippen molar-refractivity contribution in [1.29, 1.82) is 0 Å². The number of ketones is 1. The molecule has 0 radical (unpaired) electrons. The fourth-order valence-corrected chi connectivity index (χ4v) is 3.31. The van der Waals surface area contributed by atoms with E-state index in [9.17, 15) is 4.79 Å². The molecule has 142 valence electrons. The lowest BCUT2D eigenvalue weighted by molar-refractivity contribution is 0.0961. The lowest BCUT2D eigenvalue weighted by Crippen LogP contribution is -2.14. The summed E-state index contributed by atoms with van der Waals surface area (Å²) in [6.07, 6.45) is 0. The number of aryl methyl sites for hydroxylation is 3. The third-order valence-electron chi connectivity index (χ3n) is 4.70. The van der Waals surface area contributed by atoms with E-state index in [1.54, 1.807) is 0 Å². The molecule has 4 rings (SSSR count). The summed E-state index contributed by atoms with van der Waals surface area (Å²) < 4.78 is 7.06. The van der Waals surface area contributed by atoms with Crippen LogP contribution in [0.25, 0.3) is 17.2 Å². The number of carbonyl (C=O) groups is 1. The van der Waals surface area contributed by atoms with Crippen molar-refractivity contribution in [2.24, 2.45) is 0 Å². The molecule has 0 saturated carbocycles. The predicted molar refractivity (Wildman–Crippen MR) is 102 cm³/mol. The van der Waals surface area contributed by atoms with Gasteiger partial charge in [-0.2, -0.15) is 4.80 Å². The summed E-state index contributed by atoms with van der Waals surface area (Å²) in [4.78, 5) is 14.2. The molecule has 0 aliphatic heterocycles. The van der Waals surface area contributed by atoms with Crippen molar-refractivity contribution < 1.29 is 9.32 Å². The average molecular weight is 376 g/mol. The molecule has 4 aromatic rings. The molecule has 0 aliphatic rings. The van der Waals surface area contributed by atoms with Crippen molar-refractivity contribution in [3.8, 4) is 17.2 Å². The fraction of sp³-hybridized carbons (Fsp3) is 0.250. The van der Waals surface area contributed by atoms with Crippen molar-refractivity contribution in [1.82, 2.24) is 29.9 Å². The molecule has 8 heteroatoms. The van der Waals surface area contributed by atoms with Crippen LogP contribution in [0, 0.1) is 27.7 Å². The zero-order valence-corrected chi connectivity index (χ0v) is 16.2. The summed E-state index contributed by atoms with van der Waals surface area (Å²) in [5, 5.41) is 16.5. The molecule has 0 aliphatic carbocycles. The second-order valence-corrected chi connectivity index (χ2v) is 6.80. The summed E-state index contributed by atoms with van der Waals surface area (Å²) in [7, 11) is 0. The number of aromatic nitrogens is 6. The molecule has 0 spiro atoms. The molecule has 0 fully saturated rings. The molecule has 0 bridgehead atoms.